The first kappa shape index (κ1) is 24.1. The van der Waals surface area contributed by atoms with Gasteiger partial charge < -0.3 is 14.8 Å². The number of nitrogens with one attached hydrogen (secondary N) is 1. The fourth-order valence-electron chi connectivity index (χ4n) is 3.41. The third kappa shape index (κ3) is 5.64. The molecule has 0 aromatic heterocycles. The topological polar surface area (TPSA) is 84.9 Å². The van der Waals surface area contributed by atoms with Gasteiger partial charge in [0.1, 0.15) is 22.9 Å². The molecule has 1 atom stereocenters. The van der Waals surface area contributed by atoms with Gasteiger partial charge in [0.2, 0.25) is 5.91 Å². The van der Waals surface area contributed by atoms with Gasteiger partial charge in [-0.25, -0.2) is 8.42 Å². The molecule has 0 aliphatic carbocycles. The Bertz CT molecular complexity index is 1200. The Morgan fingerprint density at radius 3 is 2.24 bits per heavy atom. The van der Waals surface area contributed by atoms with Crippen LogP contribution in [0.3, 0.4) is 0 Å². The number of amides is 1. The van der Waals surface area contributed by atoms with Gasteiger partial charge in [-0.05, 0) is 61.4 Å². The van der Waals surface area contributed by atoms with Crippen LogP contribution in [0.25, 0.3) is 0 Å². The number of methoxy groups -OCH3 is 2. The zero-order valence-electron chi connectivity index (χ0n) is 19.1. The maximum Gasteiger partial charge on any atom is 0.268 e. The van der Waals surface area contributed by atoms with E-state index in [0.29, 0.717) is 11.4 Å². The molecule has 0 fully saturated rings. The third-order valence-corrected chi connectivity index (χ3v) is 7.01. The Labute approximate surface area is 195 Å². The smallest absolute Gasteiger partial charge is 0.268 e. The lowest BCUT2D eigenvalue weighted by atomic mass is 10.1. The highest BCUT2D eigenvalue weighted by molar-refractivity contribution is 7.93. The zero-order chi connectivity index (χ0) is 24.0. The summed E-state index contributed by atoms with van der Waals surface area (Å²) in [5.74, 6) is 0.348. The quantitative estimate of drug-likeness (QED) is 0.511. The highest BCUT2D eigenvalue weighted by Crippen LogP contribution is 2.31. The average molecular weight is 469 g/mol. The molecule has 174 valence electrons. The van der Waals surface area contributed by atoms with Crippen molar-refractivity contribution in [2.45, 2.75) is 24.8 Å². The van der Waals surface area contributed by atoms with E-state index in [4.69, 9.17) is 9.47 Å². The maximum atomic E-state index is 13.7. The van der Waals surface area contributed by atoms with E-state index in [2.05, 4.69) is 5.32 Å². The summed E-state index contributed by atoms with van der Waals surface area (Å²) in [5.41, 5.74) is 2.01. The molecular formula is C25H28N2O5S. The van der Waals surface area contributed by atoms with Crippen LogP contribution < -0.4 is 19.1 Å². The summed E-state index contributed by atoms with van der Waals surface area (Å²) in [5, 5.41) is 2.88. The first-order valence-electron chi connectivity index (χ1n) is 10.4. The van der Waals surface area contributed by atoms with Crippen molar-refractivity contribution < 1.29 is 22.7 Å². The van der Waals surface area contributed by atoms with E-state index in [1.807, 2.05) is 37.3 Å². The van der Waals surface area contributed by atoms with Crippen LogP contribution in [0.5, 0.6) is 11.5 Å². The van der Waals surface area contributed by atoms with Crippen molar-refractivity contribution in [3.8, 4) is 11.5 Å². The van der Waals surface area contributed by atoms with Crippen LogP contribution in [0.1, 0.15) is 24.1 Å². The molecule has 3 aromatic rings. The van der Waals surface area contributed by atoms with Gasteiger partial charge >= 0.3 is 0 Å². The van der Waals surface area contributed by atoms with Crippen molar-refractivity contribution in [1.82, 2.24) is 5.32 Å². The molecule has 0 bridgehead atoms. The highest BCUT2D eigenvalue weighted by atomic mass is 32.2. The molecule has 0 unspecified atom stereocenters. The molecule has 0 spiro atoms. The first-order valence-corrected chi connectivity index (χ1v) is 11.9. The number of rotatable bonds is 9. The van der Waals surface area contributed by atoms with Crippen molar-refractivity contribution in [2.75, 3.05) is 25.1 Å². The van der Waals surface area contributed by atoms with Crippen LogP contribution in [0, 0.1) is 6.92 Å². The maximum absolute atomic E-state index is 13.7. The number of ether oxygens (including phenoxy) is 2. The summed E-state index contributed by atoms with van der Waals surface area (Å²) >= 11 is 0. The minimum Gasteiger partial charge on any atom is -0.497 e. The Hall–Kier alpha value is -3.52. The molecule has 1 N–H and O–H groups in total. The van der Waals surface area contributed by atoms with E-state index >= 15 is 0 Å². The van der Waals surface area contributed by atoms with E-state index in [1.165, 1.54) is 20.3 Å². The van der Waals surface area contributed by atoms with Crippen LogP contribution in [0.15, 0.2) is 77.7 Å². The summed E-state index contributed by atoms with van der Waals surface area (Å²) in [4.78, 5) is 13.0. The second-order valence-corrected chi connectivity index (χ2v) is 9.39. The molecule has 0 aliphatic rings. The lowest BCUT2D eigenvalue weighted by molar-refractivity contribution is -0.120. The van der Waals surface area contributed by atoms with Gasteiger partial charge in [0, 0.05) is 0 Å². The van der Waals surface area contributed by atoms with Crippen LogP contribution in [0.4, 0.5) is 5.69 Å². The van der Waals surface area contributed by atoms with Crippen molar-refractivity contribution in [2.24, 2.45) is 0 Å². The standard InChI is InChI=1S/C25H28N2O5S/c1-18-10-15-23(32-4)24(16-18)33(29,30)27(21-11-13-22(31-3)14-12-21)17-25(28)26-19(2)20-8-6-5-7-9-20/h5-16,19H,17H2,1-4H3,(H,26,28)/t19-/m0/s1. The number of anilines is 1. The summed E-state index contributed by atoms with van der Waals surface area (Å²) in [7, 11) is -1.19. The number of sulfonamides is 1. The number of nitrogens with zero attached hydrogens (tertiary/aromatic N) is 1. The number of hydrogen-bond acceptors (Lipinski definition) is 5. The Kier molecular flexibility index (Phi) is 7.60. The van der Waals surface area contributed by atoms with Crippen LogP contribution in [-0.2, 0) is 14.8 Å². The summed E-state index contributed by atoms with van der Waals surface area (Å²) in [6, 6.07) is 20.6. The van der Waals surface area contributed by atoms with Crippen molar-refractivity contribution in [3.05, 3.63) is 83.9 Å². The predicted molar refractivity (Wildman–Crippen MR) is 128 cm³/mol. The van der Waals surface area contributed by atoms with Gasteiger partial charge in [0.05, 0.1) is 25.9 Å². The molecular weight excluding hydrogens is 440 g/mol. The number of aryl methyl sites for hydroxylation is 1. The molecule has 3 aromatic carbocycles. The number of carbonyl (C=O) groups is 1. The van der Waals surface area contributed by atoms with E-state index in [1.54, 1.807) is 43.3 Å². The molecule has 3 rings (SSSR count). The second-order valence-electron chi connectivity index (χ2n) is 7.56. The van der Waals surface area contributed by atoms with Gasteiger partial charge in [0.15, 0.2) is 0 Å². The van der Waals surface area contributed by atoms with E-state index < -0.39 is 22.5 Å². The van der Waals surface area contributed by atoms with Gasteiger partial charge in [-0.3, -0.25) is 9.10 Å². The molecule has 0 saturated carbocycles. The van der Waals surface area contributed by atoms with Crippen molar-refractivity contribution in [3.63, 3.8) is 0 Å². The van der Waals surface area contributed by atoms with Crippen molar-refractivity contribution in [1.29, 1.82) is 0 Å². The van der Waals surface area contributed by atoms with Gasteiger partial charge in [-0.15, -0.1) is 0 Å². The van der Waals surface area contributed by atoms with Crippen LogP contribution in [-0.4, -0.2) is 35.1 Å². The zero-order valence-corrected chi connectivity index (χ0v) is 19.9. The average Bonchev–Trinajstić information content (AvgIpc) is 2.83. The van der Waals surface area contributed by atoms with E-state index in [-0.39, 0.29) is 16.7 Å². The fraction of sp³-hybridized carbons (Fsp3) is 0.240. The Morgan fingerprint density at radius 2 is 1.64 bits per heavy atom. The minimum atomic E-state index is -4.13. The predicted octanol–water partition coefficient (Wildman–Crippen LogP) is 4.08. The molecule has 0 radical (unpaired) electrons. The summed E-state index contributed by atoms with van der Waals surface area (Å²) < 4.78 is 39.1. The lowest BCUT2D eigenvalue weighted by Crippen LogP contribution is -2.41. The summed E-state index contributed by atoms with van der Waals surface area (Å²) in [6.45, 7) is 3.25. The number of carbonyl (C=O) groups excluding carboxylic acids is 1. The second kappa shape index (κ2) is 10.4. The first-order chi connectivity index (χ1) is 15.8. The molecule has 0 aliphatic heterocycles. The highest BCUT2D eigenvalue weighted by Gasteiger charge is 2.30. The van der Waals surface area contributed by atoms with Gasteiger partial charge in [-0.2, -0.15) is 0 Å². The fourth-order valence-corrected chi connectivity index (χ4v) is 5.07. The molecule has 7 nitrogen and oxygen atoms in total. The van der Waals surface area contributed by atoms with Crippen molar-refractivity contribution >= 4 is 21.6 Å². The monoisotopic (exact) mass is 468 g/mol. The van der Waals surface area contributed by atoms with Gasteiger partial charge in [0.25, 0.3) is 10.0 Å². The molecule has 0 heterocycles. The third-order valence-electron chi connectivity index (χ3n) is 5.21. The van der Waals surface area contributed by atoms with E-state index in [9.17, 15) is 13.2 Å². The largest absolute Gasteiger partial charge is 0.497 e. The Balaban J connectivity index is 1.97. The Morgan fingerprint density at radius 1 is 0.970 bits per heavy atom. The lowest BCUT2D eigenvalue weighted by Gasteiger charge is -2.26. The minimum absolute atomic E-state index is 0.00951. The number of hydrogen-bond donors (Lipinski definition) is 1. The number of benzene rings is 3. The molecule has 33 heavy (non-hydrogen) atoms. The summed E-state index contributed by atoms with van der Waals surface area (Å²) in [6.07, 6.45) is 0. The normalized spacial score (nSPS) is 12.0. The van der Waals surface area contributed by atoms with Crippen LogP contribution in [0.2, 0.25) is 0 Å². The molecule has 8 heteroatoms. The molecule has 1 amide bonds. The van der Waals surface area contributed by atoms with Crippen LogP contribution >= 0.6 is 0 Å². The van der Waals surface area contributed by atoms with Gasteiger partial charge in [-0.1, -0.05) is 36.4 Å². The SMILES string of the molecule is COc1ccc(N(CC(=O)N[C@@H](C)c2ccccc2)S(=O)(=O)c2cc(C)ccc2OC)cc1. The van der Waals surface area contributed by atoms with E-state index in [0.717, 1.165) is 15.4 Å². The molecule has 0 saturated heterocycles.